The molecule has 1 fully saturated rings. The Morgan fingerprint density at radius 3 is 2.86 bits per heavy atom. The van der Waals surface area contributed by atoms with Gasteiger partial charge in [0.25, 0.3) is 5.91 Å². The Morgan fingerprint density at radius 1 is 1.10 bits per heavy atom. The second-order valence-corrected chi connectivity index (χ2v) is 7.68. The molecule has 3 aliphatic rings. The van der Waals surface area contributed by atoms with Crippen molar-refractivity contribution in [3.05, 3.63) is 47.5 Å². The molecule has 0 aliphatic carbocycles. The van der Waals surface area contributed by atoms with Crippen LogP contribution < -0.4 is 24.6 Å². The van der Waals surface area contributed by atoms with E-state index < -0.39 is 0 Å². The summed E-state index contributed by atoms with van der Waals surface area (Å²) in [6, 6.07) is 11.2. The summed E-state index contributed by atoms with van der Waals surface area (Å²) < 4.78 is 10.7. The molecule has 0 aromatic heterocycles. The largest absolute Gasteiger partial charge is 0.454 e. The van der Waals surface area contributed by atoms with Crippen LogP contribution in [0, 0.1) is 0 Å². The summed E-state index contributed by atoms with van der Waals surface area (Å²) in [5.41, 5.74) is 3.30. The number of fused-ring (bicyclic) bond motifs is 4. The minimum Gasteiger partial charge on any atom is -0.454 e. The fraction of sp³-hybridized carbons (Fsp3) is 0.364. The number of carbonyl (C=O) groups excluding carboxylic acids is 2. The van der Waals surface area contributed by atoms with E-state index >= 15 is 0 Å². The average molecular weight is 393 g/mol. The van der Waals surface area contributed by atoms with Crippen molar-refractivity contribution in [2.45, 2.75) is 31.8 Å². The monoisotopic (exact) mass is 393 g/mol. The minimum atomic E-state index is -0.174. The van der Waals surface area contributed by atoms with Crippen molar-refractivity contribution in [2.24, 2.45) is 0 Å². The van der Waals surface area contributed by atoms with Gasteiger partial charge in [-0.15, -0.1) is 0 Å². The zero-order valence-corrected chi connectivity index (χ0v) is 16.3. The molecular formula is C22H23N3O4. The molecule has 150 valence electrons. The fourth-order valence-electron chi connectivity index (χ4n) is 4.33. The van der Waals surface area contributed by atoms with E-state index in [0.717, 1.165) is 48.5 Å². The lowest BCUT2D eigenvalue weighted by atomic mass is 9.96. The number of ether oxygens (including phenoxy) is 2. The van der Waals surface area contributed by atoms with Crippen LogP contribution in [0.5, 0.6) is 11.5 Å². The standard InChI is InChI=1S/C22H23N3O4/c1-24-18-11-15(6-7-16(18)25-9-3-2-4-17(25)22(24)27)21(26)23-12-14-5-8-19-20(10-14)29-13-28-19/h5-8,10-11,17H,2-4,9,12-13H2,1H3,(H,23,26)/t17-/m0/s1. The van der Waals surface area contributed by atoms with E-state index in [2.05, 4.69) is 10.2 Å². The van der Waals surface area contributed by atoms with E-state index in [4.69, 9.17) is 9.47 Å². The van der Waals surface area contributed by atoms with Gasteiger partial charge in [-0.25, -0.2) is 0 Å². The maximum Gasteiger partial charge on any atom is 0.251 e. The van der Waals surface area contributed by atoms with E-state index in [-0.39, 0.29) is 24.6 Å². The lowest BCUT2D eigenvalue weighted by Crippen LogP contribution is -2.54. The van der Waals surface area contributed by atoms with Crippen LogP contribution in [0.2, 0.25) is 0 Å². The van der Waals surface area contributed by atoms with Crippen molar-refractivity contribution in [3.63, 3.8) is 0 Å². The first-order valence-electron chi connectivity index (χ1n) is 9.97. The minimum absolute atomic E-state index is 0.0769. The molecule has 0 saturated carbocycles. The topological polar surface area (TPSA) is 71.1 Å². The maximum absolute atomic E-state index is 12.8. The molecule has 1 N–H and O–H groups in total. The first kappa shape index (κ1) is 17.8. The van der Waals surface area contributed by atoms with Gasteiger partial charge >= 0.3 is 0 Å². The molecule has 5 rings (SSSR count). The molecule has 0 radical (unpaired) electrons. The highest BCUT2D eigenvalue weighted by molar-refractivity contribution is 6.07. The number of hydrogen-bond acceptors (Lipinski definition) is 5. The van der Waals surface area contributed by atoms with Crippen LogP contribution in [-0.2, 0) is 11.3 Å². The lowest BCUT2D eigenvalue weighted by Gasteiger charge is -2.44. The Labute approximate surface area is 169 Å². The first-order chi connectivity index (χ1) is 14.1. The molecule has 0 unspecified atom stereocenters. The molecule has 2 aromatic carbocycles. The Balaban J connectivity index is 1.34. The van der Waals surface area contributed by atoms with E-state index in [9.17, 15) is 9.59 Å². The summed E-state index contributed by atoms with van der Waals surface area (Å²) in [7, 11) is 1.79. The highest BCUT2D eigenvalue weighted by Crippen LogP contribution is 2.39. The summed E-state index contributed by atoms with van der Waals surface area (Å²) in [6.07, 6.45) is 3.06. The number of benzene rings is 2. The van der Waals surface area contributed by atoms with Gasteiger partial charge in [-0.05, 0) is 55.2 Å². The number of nitrogens with zero attached hydrogens (tertiary/aromatic N) is 2. The van der Waals surface area contributed by atoms with Gasteiger partial charge in [-0.1, -0.05) is 6.07 Å². The number of likely N-dealkylation sites (N-methyl/N-ethyl adjacent to an activating group) is 1. The lowest BCUT2D eigenvalue weighted by molar-refractivity contribution is -0.120. The summed E-state index contributed by atoms with van der Waals surface area (Å²) in [5.74, 6) is 1.35. The number of rotatable bonds is 3. The highest BCUT2D eigenvalue weighted by atomic mass is 16.7. The Hall–Kier alpha value is -3.22. The van der Waals surface area contributed by atoms with Crippen LogP contribution in [0.25, 0.3) is 0 Å². The summed E-state index contributed by atoms with van der Waals surface area (Å²) in [4.78, 5) is 29.4. The second-order valence-electron chi connectivity index (χ2n) is 7.68. The van der Waals surface area contributed by atoms with Crippen molar-refractivity contribution in [2.75, 3.05) is 30.2 Å². The molecule has 0 spiro atoms. The van der Waals surface area contributed by atoms with Gasteiger partial charge < -0.3 is 24.6 Å². The Morgan fingerprint density at radius 2 is 1.97 bits per heavy atom. The molecule has 3 aliphatic heterocycles. The molecule has 2 aromatic rings. The predicted octanol–water partition coefficient (Wildman–Crippen LogP) is 2.68. The Kier molecular flexibility index (Phi) is 4.30. The van der Waals surface area contributed by atoms with Crippen molar-refractivity contribution in [1.82, 2.24) is 5.32 Å². The number of anilines is 2. The summed E-state index contributed by atoms with van der Waals surface area (Å²) >= 11 is 0. The third kappa shape index (κ3) is 3.06. The van der Waals surface area contributed by atoms with Gasteiger partial charge in [0, 0.05) is 25.7 Å². The van der Waals surface area contributed by atoms with Crippen molar-refractivity contribution in [1.29, 1.82) is 0 Å². The number of amides is 2. The van der Waals surface area contributed by atoms with E-state index in [1.54, 1.807) is 11.9 Å². The van der Waals surface area contributed by atoms with Crippen LogP contribution in [0.15, 0.2) is 36.4 Å². The first-order valence-corrected chi connectivity index (χ1v) is 9.97. The molecule has 0 bridgehead atoms. The van der Waals surface area contributed by atoms with Gasteiger partial charge in [0.2, 0.25) is 12.7 Å². The molecular weight excluding hydrogens is 370 g/mol. The summed E-state index contributed by atoms with van der Waals surface area (Å²) in [5, 5.41) is 2.94. The third-order valence-electron chi connectivity index (χ3n) is 5.92. The number of piperidine rings is 1. The molecule has 7 heteroatoms. The molecule has 7 nitrogen and oxygen atoms in total. The predicted molar refractivity (Wildman–Crippen MR) is 109 cm³/mol. The number of hydrogen-bond donors (Lipinski definition) is 1. The van der Waals surface area contributed by atoms with Gasteiger partial charge in [-0.2, -0.15) is 0 Å². The van der Waals surface area contributed by atoms with E-state index in [0.29, 0.717) is 17.9 Å². The molecule has 1 saturated heterocycles. The molecule has 3 heterocycles. The molecule has 2 amide bonds. The van der Waals surface area contributed by atoms with Gasteiger partial charge in [0.05, 0.1) is 11.4 Å². The van der Waals surface area contributed by atoms with Crippen LogP contribution in [-0.4, -0.2) is 38.2 Å². The zero-order valence-electron chi connectivity index (χ0n) is 16.3. The quantitative estimate of drug-likeness (QED) is 0.868. The molecule has 29 heavy (non-hydrogen) atoms. The number of carbonyl (C=O) groups is 2. The second kappa shape index (κ2) is 6.99. The van der Waals surface area contributed by atoms with Crippen LogP contribution in [0.3, 0.4) is 0 Å². The smallest absolute Gasteiger partial charge is 0.251 e. The van der Waals surface area contributed by atoms with Crippen LogP contribution >= 0.6 is 0 Å². The maximum atomic E-state index is 12.8. The normalized spacial score (nSPS) is 19.6. The van der Waals surface area contributed by atoms with E-state index in [1.165, 1.54) is 0 Å². The SMILES string of the molecule is CN1C(=O)[C@@H]2CCCCN2c2ccc(C(=O)NCc3ccc4c(c3)OCO4)cc21. The van der Waals surface area contributed by atoms with Crippen molar-refractivity contribution in [3.8, 4) is 11.5 Å². The zero-order chi connectivity index (χ0) is 20.0. The number of nitrogens with one attached hydrogen (secondary N) is 1. The van der Waals surface area contributed by atoms with Crippen LogP contribution in [0.4, 0.5) is 11.4 Å². The third-order valence-corrected chi connectivity index (χ3v) is 5.92. The van der Waals surface area contributed by atoms with Crippen LogP contribution in [0.1, 0.15) is 35.2 Å². The van der Waals surface area contributed by atoms with Gasteiger partial charge in [-0.3, -0.25) is 9.59 Å². The fourth-order valence-corrected chi connectivity index (χ4v) is 4.33. The van der Waals surface area contributed by atoms with E-state index in [1.807, 2.05) is 36.4 Å². The van der Waals surface area contributed by atoms with Gasteiger partial charge in [0.1, 0.15) is 6.04 Å². The van der Waals surface area contributed by atoms with Crippen molar-refractivity contribution >= 4 is 23.2 Å². The Bertz CT molecular complexity index is 990. The average Bonchev–Trinajstić information content (AvgIpc) is 3.23. The summed E-state index contributed by atoms with van der Waals surface area (Å²) in [6.45, 7) is 1.49. The van der Waals surface area contributed by atoms with Crippen molar-refractivity contribution < 1.29 is 19.1 Å². The highest BCUT2D eigenvalue weighted by Gasteiger charge is 2.38. The molecule has 1 atom stereocenters. The van der Waals surface area contributed by atoms with Gasteiger partial charge in [0.15, 0.2) is 11.5 Å².